The minimum atomic E-state index is 0.114. The largest absolute Gasteiger partial charge is 0.488 e. The molecule has 5 heteroatoms. The van der Waals surface area contributed by atoms with Crippen molar-refractivity contribution in [2.75, 3.05) is 26.2 Å². The predicted molar refractivity (Wildman–Crippen MR) is 102 cm³/mol. The number of ether oxygens (including phenoxy) is 1. The number of piperidine rings is 1. The first-order chi connectivity index (χ1) is 12.3. The molecule has 2 aromatic rings. The monoisotopic (exact) mass is 358 g/mol. The van der Waals surface area contributed by atoms with Gasteiger partial charge in [-0.25, -0.2) is 0 Å². The van der Waals surface area contributed by atoms with Crippen molar-refractivity contribution in [1.29, 1.82) is 0 Å². The summed E-state index contributed by atoms with van der Waals surface area (Å²) in [5.74, 6) is 1.55. The number of benzene rings is 1. The lowest BCUT2D eigenvalue weighted by atomic mass is 9.96. The number of hydrogen-bond donors (Lipinski definition) is 1. The standard InChI is InChI=1S/C20H26N2O2S/c1-2-21-14-16-8-10-22(11-9-16)20(23)17-5-3-6-18(13-17)24-15-19-7-4-12-25-19/h3-7,12-13,16,21H,2,8-11,14-15H2,1H3. The highest BCUT2D eigenvalue weighted by atomic mass is 32.1. The minimum absolute atomic E-state index is 0.114. The van der Waals surface area contributed by atoms with Gasteiger partial charge in [0.15, 0.2) is 0 Å². The summed E-state index contributed by atoms with van der Waals surface area (Å²) >= 11 is 1.68. The number of nitrogens with zero attached hydrogens (tertiary/aromatic N) is 1. The molecule has 1 aliphatic heterocycles. The fourth-order valence-electron chi connectivity index (χ4n) is 3.14. The van der Waals surface area contributed by atoms with Gasteiger partial charge in [-0.05, 0) is 61.5 Å². The molecule has 25 heavy (non-hydrogen) atoms. The molecule has 0 spiro atoms. The van der Waals surface area contributed by atoms with Gasteiger partial charge in [-0.3, -0.25) is 4.79 Å². The average Bonchev–Trinajstić information content (AvgIpc) is 3.18. The third-order valence-electron chi connectivity index (χ3n) is 4.63. The van der Waals surface area contributed by atoms with E-state index < -0.39 is 0 Å². The fraction of sp³-hybridized carbons (Fsp3) is 0.450. The number of likely N-dealkylation sites (tertiary alicyclic amines) is 1. The average molecular weight is 359 g/mol. The van der Waals surface area contributed by atoms with Crippen LogP contribution in [0.4, 0.5) is 0 Å². The second-order valence-corrected chi connectivity index (χ2v) is 7.47. The smallest absolute Gasteiger partial charge is 0.253 e. The van der Waals surface area contributed by atoms with Crippen LogP contribution in [0.3, 0.4) is 0 Å². The van der Waals surface area contributed by atoms with Crippen LogP contribution in [0.2, 0.25) is 0 Å². The zero-order chi connectivity index (χ0) is 17.5. The van der Waals surface area contributed by atoms with Crippen LogP contribution in [0.15, 0.2) is 41.8 Å². The maximum atomic E-state index is 12.8. The van der Waals surface area contributed by atoms with E-state index in [1.165, 1.54) is 4.88 Å². The van der Waals surface area contributed by atoms with Crippen molar-refractivity contribution >= 4 is 17.2 Å². The molecule has 0 bridgehead atoms. The number of nitrogens with one attached hydrogen (secondary N) is 1. The predicted octanol–water partition coefficient (Wildman–Crippen LogP) is 3.79. The summed E-state index contributed by atoms with van der Waals surface area (Å²) in [5, 5.41) is 5.45. The van der Waals surface area contributed by atoms with Gasteiger partial charge < -0.3 is 15.0 Å². The quantitative estimate of drug-likeness (QED) is 0.819. The van der Waals surface area contributed by atoms with E-state index in [1.807, 2.05) is 40.6 Å². The van der Waals surface area contributed by atoms with Gasteiger partial charge in [-0.1, -0.05) is 19.1 Å². The number of rotatable bonds is 7. The SMILES string of the molecule is CCNCC1CCN(C(=O)c2cccc(OCc3cccs3)c2)CC1. The van der Waals surface area contributed by atoms with Crippen LogP contribution < -0.4 is 10.1 Å². The van der Waals surface area contributed by atoms with Gasteiger partial charge in [0.05, 0.1) is 0 Å². The molecule has 0 unspecified atom stereocenters. The number of amides is 1. The van der Waals surface area contributed by atoms with Crippen molar-refractivity contribution in [3.63, 3.8) is 0 Å². The van der Waals surface area contributed by atoms with Crippen molar-refractivity contribution in [2.24, 2.45) is 5.92 Å². The number of thiophene rings is 1. The van der Waals surface area contributed by atoms with Crippen LogP contribution >= 0.6 is 11.3 Å². The van der Waals surface area contributed by atoms with Gasteiger partial charge in [-0.15, -0.1) is 11.3 Å². The first-order valence-electron chi connectivity index (χ1n) is 9.01. The second kappa shape index (κ2) is 9.02. The zero-order valence-electron chi connectivity index (χ0n) is 14.7. The molecule has 2 heterocycles. The zero-order valence-corrected chi connectivity index (χ0v) is 15.6. The Bertz CT molecular complexity index is 664. The summed E-state index contributed by atoms with van der Waals surface area (Å²) < 4.78 is 5.82. The van der Waals surface area contributed by atoms with Gasteiger partial charge in [0.2, 0.25) is 0 Å². The molecule has 1 amide bonds. The van der Waals surface area contributed by atoms with Crippen LogP contribution in [-0.4, -0.2) is 37.0 Å². The minimum Gasteiger partial charge on any atom is -0.488 e. The first-order valence-corrected chi connectivity index (χ1v) is 9.89. The molecule has 1 aromatic carbocycles. The second-order valence-electron chi connectivity index (χ2n) is 6.44. The Morgan fingerprint density at radius 3 is 2.84 bits per heavy atom. The Kier molecular flexibility index (Phi) is 6.48. The summed E-state index contributed by atoms with van der Waals surface area (Å²) in [6.07, 6.45) is 2.15. The molecule has 1 fully saturated rings. The molecule has 3 rings (SSSR count). The molecule has 0 radical (unpaired) electrons. The van der Waals surface area contributed by atoms with E-state index in [0.717, 1.165) is 44.8 Å². The van der Waals surface area contributed by atoms with Gasteiger partial charge >= 0.3 is 0 Å². The maximum absolute atomic E-state index is 12.8. The Morgan fingerprint density at radius 1 is 1.28 bits per heavy atom. The number of hydrogen-bond acceptors (Lipinski definition) is 4. The van der Waals surface area contributed by atoms with Crippen molar-refractivity contribution in [1.82, 2.24) is 10.2 Å². The highest BCUT2D eigenvalue weighted by molar-refractivity contribution is 7.09. The molecule has 0 saturated carbocycles. The summed E-state index contributed by atoms with van der Waals surface area (Å²) in [5.41, 5.74) is 0.716. The van der Waals surface area contributed by atoms with Crippen LogP contribution in [0.1, 0.15) is 35.0 Å². The van der Waals surface area contributed by atoms with Gasteiger partial charge in [0.1, 0.15) is 12.4 Å². The van der Waals surface area contributed by atoms with Crippen molar-refractivity contribution in [3.8, 4) is 5.75 Å². The van der Waals surface area contributed by atoms with Crippen LogP contribution in [0.25, 0.3) is 0 Å². The number of carbonyl (C=O) groups is 1. The lowest BCUT2D eigenvalue weighted by Gasteiger charge is -2.32. The summed E-state index contributed by atoms with van der Waals surface area (Å²) in [6, 6.07) is 11.6. The van der Waals surface area contributed by atoms with Crippen LogP contribution in [0.5, 0.6) is 5.75 Å². The Balaban J connectivity index is 1.54. The van der Waals surface area contributed by atoms with E-state index in [-0.39, 0.29) is 5.91 Å². The maximum Gasteiger partial charge on any atom is 0.253 e. The molecule has 0 aliphatic carbocycles. The fourth-order valence-corrected chi connectivity index (χ4v) is 3.76. The van der Waals surface area contributed by atoms with Crippen molar-refractivity contribution in [2.45, 2.75) is 26.4 Å². The third kappa shape index (κ3) is 5.06. The van der Waals surface area contributed by atoms with E-state index in [4.69, 9.17) is 4.74 Å². The molecule has 134 valence electrons. The lowest BCUT2D eigenvalue weighted by Crippen LogP contribution is -2.40. The Hall–Kier alpha value is -1.85. The normalized spacial score (nSPS) is 15.3. The molecule has 1 aromatic heterocycles. The van der Waals surface area contributed by atoms with E-state index in [9.17, 15) is 4.79 Å². The molecular weight excluding hydrogens is 332 g/mol. The molecule has 1 aliphatic rings. The Morgan fingerprint density at radius 2 is 2.12 bits per heavy atom. The van der Waals surface area contributed by atoms with E-state index in [2.05, 4.69) is 18.3 Å². The van der Waals surface area contributed by atoms with E-state index in [0.29, 0.717) is 18.1 Å². The summed E-state index contributed by atoms with van der Waals surface area (Å²) in [7, 11) is 0. The molecule has 1 saturated heterocycles. The van der Waals surface area contributed by atoms with Crippen LogP contribution in [0, 0.1) is 5.92 Å². The van der Waals surface area contributed by atoms with Gasteiger partial charge in [0.25, 0.3) is 5.91 Å². The van der Waals surface area contributed by atoms with Crippen LogP contribution in [-0.2, 0) is 6.61 Å². The summed E-state index contributed by atoms with van der Waals surface area (Å²) in [4.78, 5) is 15.9. The van der Waals surface area contributed by atoms with E-state index in [1.54, 1.807) is 11.3 Å². The summed E-state index contributed by atoms with van der Waals surface area (Å²) in [6.45, 7) is 6.43. The number of carbonyl (C=O) groups excluding carboxylic acids is 1. The first kappa shape index (κ1) is 18.0. The lowest BCUT2D eigenvalue weighted by molar-refractivity contribution is 0.0690. The highest BCUT2D eigenvalue weighted by Crippen LogP contribution is 2.21. The molecule has 1 N–H and O–H groups in total. The molecule has 4 nitrogen and oxygen atoms in total. The van der Waals surface area contributed by atoms with Gasteiger partial charge in [-0.2, -0.15) is 0 Å². The van der Waals surface area contributed by atoms with Gasteiger partial charge in [0, 0.05) is 23.5 Å². The highest BCUT2D eigenvalue weighted by Gasteiger charge is 2.23. The topological polar surface area (TPSA) is 41.6 Å². The van der Waals surface area contributed by atoms with Crippen molar-refractivity contribution < 1.29 is 9.53 Å². The van der Waals surface area contributed by atoms with Crippen molar-refractivity contribution in [3.05, 3.63) is 52.2 Å². The molecular formula is C20H26N2O2S. The van der Waals surface area contributed by atoms with E-state index >= 15 is 0 Å². The Labute approximate surface area is 153 Å². The third-order valence-corrected chi connectivity index (χ3v) is 5.48. The molecule has 0 atom stereocenters.